The molecule has 0 saturated carbocycles. The zero-order valence-corrected chi connectivity index (χ0v) is 10.5. The summed E-state index contributed by atoms with van der Waals surface area (Å²) >= 11 is 0. The number of carbonyl (C=O) groups is 1. The number of furan rings is 1. The molecule has 1 aromatic carbocycles. The number of rotatable bonds is 4. The summed E-state index contributed by atoms with van der Waals surface area (Å²) in [5.74, 6) is 2.11. The van der Waals surface area contributed by atoms with E-state index in [1.807, 2.05) is 36.4 Å². The van der Waals surface area contributed by atoms with E-state index in [4.69, 9.17) is 9.15 Å². The number of carbonyl (C=O) groups excluding carboxylic acids is 1. The third-order valence-corrected chi connectivity index (χ3v) is 2.72. The van der Waals surface area contributed by atoms with E-state index in [9.17, 15) is 4.79 Å². The monoisotopic (exact) mass is 265 g/mol. The Morgan fingerprint density at radius 1 is 1.05 bits per heavy atom. The second-order valence-corrected chi connectivity index (χ2v) is 4.12. The van der Waals surface area contributed by atoms with E-state index in [2.05, 4.69) is 4.98 Å². The summed E-state index contributed by atoms with van der Waals surface area (Å²) in [6.45, 7) is 0. The number of ether oxygens (including phenoxy) is 1. The molecule has 4 nitrogen and oxygen atoms in total. The molecule has 0 fully saturated rings. The van der Waals surface area contributed by atoms with Crippen molar-refractivity contribution in [1.29, 1.82) is 0 Å². The lowest BCUT2D eigenvalue weighted by Crippen LogP contribution is -1.86. The van der Waals surface area contributed by atoms with E-state index in [1.54, 1.807) is 24.4 Å². The molecular formula is C16H11NO3. The molecule has 0 unspecified atom stereocenters. The quantitative estimate of drug-likeness (QED) is 0.670. The normalized spacial score (nSPS) is 10.2. The molecule has 2 aromatic heterocycles. The molecular weight excluding hydrogens is 254 g/mol. The van der Waals surface area contributed by atoms with Crippen LogP contribution in [0.25, 0.3) is 11.3 Å². The van der Waals surface area contributed by atoms with Crippen molar-refractivity contribution in [2.75, 3.05) is 0 Å². The predicted octanol–water partition coefficient (Wildman–Crippen LogP) is 3.95. The molecule has 0 atom stereocenters. The molecule has 20 heavy (non-hydrogen) atoms. The third kappa shape index (κ3) is 2.59. The number of pyridine rings is 1. The van der Waals surface area contributed by atoms with Gasteiger partial charge in [-0.2, -0.15) is 0 Å². The second kappa shape index (κ2) is 5.40. The fourth-order valence-corrected chi connectivity index (χ4v) is 1.81. The molecule has 2 heterocycles. The Kier molecular flexibility index (Phi) is 3.29. The van der Waals surface area contributed by atoms with Gasteiger partial charge in [-0.15, -0.1) is 0 Å². The maximum Gasteiger partial charge on any atom is 0.219 e. The van der Waals surface area contributed by atoms with E-state index in [-0.39, 0.29) is 0 Å². The maximum absolute atomic E-state index is 10.6. The number of aldehydes is 1. The topological polar surface area (TPSA) is 52.3 Å². The zero-order chi connectivity index (χ0) is 13.8. The van der Waals surface area contributed by atoms with Gasteiger partial charge < -0.3 is 9.15 Å². The fraction of sp³-hybridized carbons (Fsp3) is 0. The van der Waals surface area contributed by atoms with Crippen molar-refractivity contribution >= 4 is 6.29 Å². The van der Waals surface area contributed by atoms with Crippen molar-refractivity contribution in [3.63, 3.8) is 0 Å². The zero-order valence-electron chi connectivity index (χ0n) is 10.5. The summed E-state index contributed by atoms with van der Waals surface area (Å²) < 4.78 is 11.0. The minimum atomic E-state index is 0.302. The first kappa shape index (κ1) is 12.2. The van der Waals surface area contributed by atoms with Crippen LogP contribution in [0.5, 0.6) is 11.6 Å². The van der Waals surface area contributed by atoms with Crippen LogP contribution in [0.3, 0.4) is 0 Å². The molecule has 3 aromatic rings. The molecule has 0 radical (unpaired) electrons. The second-order valence-electron chi connectivity index (χ2n) is 4.12. The summed E-state index contributed by atoms with van der Waals surface area (Å²) in [5, 5.41) is 0. The van der Waals surface area contributed by atoms with Crippen LogP contribution in [0.15, 0.2) is 65.2 Å². The first-order valence-electron chi connectivity index (χ1n) is 6.09. The van der Waals surface area contributed by atoms with E-state index < -0.39 is 0 Å². The molecule has 98 valence electrons. The SMILES string of the molecule is O=Cc1ccc(-c2cccc(Oc3ccccn3)c2)o1. The Labute approximate surface area is 115 Å². The van der Waals surface area contributed by atoms with Gasteiger partial charge in [-0.05, 0) is 30.3 Å². The number of aromatic nitrogens is 1. The van der Waals surface area contributed by atoms with Crippen LogP contribution in [-0.4, -0.2) is 11.3 Å². The van der Waals surface area contributed by atoms with Crippen LogP contribution < -0.4 is 4.74 Å². The molecule has 0 bridgehead atoms. The third-order valence-electron chi connectivity index (χ3n) is 2.72. The van der Waals surface area contributed by atoms with Gasteiger partial charge in [-0.3, -0.25) is 4.79 Å². The lowest BCUT2D eigenvalue weighted by molar-refractivity contribution is 0.110. The lowest BCUT2D eigenvalue weighted by Gasteiger charge is -2.05. The molecule has 0 saturated heterocycles. The highest BCUT2D eigenvalue weighted by molar-refractivity contribution is 5.73. The minimum absolute atomic E-state index is 0.302. The molecule has 0 amide bonds. The van der Waals surface area contributed by atoms with E-state index in [0.717, 1.165) is 5.56 Å². The van der Waals surface area contributed by atoms with Gasteiger partial charge in [0.2, 0.25) is 5.88 Å². The van der Waals surface area contributed by atoms with Gasteiger partial charge in [0.05, 0.1) is 0 Å². The summed E-state index contributed by atoms with van der Waals surface area (Å²) in [6.07, 6.45) is 2.35. The van der Waals surface area contributed by atoms with Gasteiger partial charge in [-0.25, -0.2) is 4.98 Å². The van der Waals surface area contributed by atoms with Crippen molar-refractivity contribution < 1.29 is 13.9 Å². The Balaban J connectivity index is 1.87. The fourth-order valence-electron chi connectivity index (χ4n) is 1.81. The molecule has 0 aliphatic heterocycles. The smallest absolute Gasteiger partial charge is 0.219 e. The van der Waals surface area contributed by atoms with Gasteiger partial charge in [0.1, 0.15) is 11.5 Å². The maximum atomic E-state index is 10.6. The van der Waals surface area contributed by atoms with Gasteiger partial charge >= 0.3 is 0 Å². The Morgan fingerprint density at radius 3 is 2.75 bits per heavy atom. The molecule has 0 spiro atoms. The number of nitrogens with zero attached hydrogens (tertiary/aromatic N) is 1. The summed E-state index contributed by atoms with van der Waals surface area (Å²) in [5.41, 5.74) is 0.839. The van der Waals surface area contributed by atoms with E-state index in [1.165, 1.54) is 0 Å². The van der Waals surface area contributed by atoms with Crippen LogP contribution in [0.4, 0.5) is 0 Å². The number of hydrogen-bond acceptors (Lipinski definition) is 4. The molecule has 4 heteroatoms. The summed E-state index contributed by atoms with van der Waals surface area (Å²) in [7, 11) is 0. The van der Waals surface area contributed by atoms with Gasteiger partial charge in [-0.1, -0.05) is 18.2 Å². The highest BCUT2D eigenvalue weighted by Crippen LogP contribution is 2.27. The van der Waals surface area contributed by atoms with Crippen molar-refractivity contribution in [2.45, 2.75) is 0 Å². The minimum Gasteiger partial charge on any atom is -0.453 e. The predicted molar refractivity (Wildman–Crippen MR) is 73.8 cm³/mol. The van der Waals surface area contributed by atoms with Crippen LogP contribution >= 0.6 is 0 Å². The highest BCUT2D eigenvalue weighted by atomic mass is 16.5. The van der Waals surface area contributed by atoms with Crippen molar-refractivity contribution in [1.82, 2.24) is 4.98 Å². The van der Waals surface area contributed by atoms with Gasteiger partial charge in [0, 0.05) is 17.8 Å². The van der Waals surface area contributed by atoms with Gasteiger partial charge in [0.15, 0.2) is 12.0 Å². The lowest BCUT2D eigenvalue weighted by atomic mass is 10.1. The van der Waals surface area contributed by atoms with Crippen LogP contribution in [0, 0.1) is 0 Å². The van der Waals surface area contributed by atoms with Gasteiger partial charge in [0.25, 0.3) is 0 Å². The van der Waals surface area contributed by atoms with Crippen molar-refractivity contribution in [3.05, 3.63) is 66.6 Å². The Bertz CT molecular complexity index is 719. The van der Waals surface area contributed by atoms with E-state index >= 15 is 0 Å². The van der Waals surface area contributed by atoms with Crippen molar-refractivity contribution in [3.8, 4) is 23.0 Å². The molecule has 0 N–H and O–H groups in total. The standard InChI is InChI=1S/C16H11NO3/c18-11-14-7-8-15(19-14)12-4-3-5-13(10-12)20-16-6-1-2-9-17-16/h1-11H. The average Bonchev–Trinajstić information content (AvgIpc) is 2.98. The summed E-state index contributed by atoms with van der Waals surface area (Å²) in [6, 6.07) is 16.3. The Hall–Kier alpha value is -2.88. The number of hydrogen-bond donors (Lipinski definition) is 0. The van der Waals surface area contributed by atoms with Crippen LogP contribution in [-0.2, 0) is 0 Å². The highest BCUT2D eigenvalue weighted by Gasteiger charge is 2.06. The number of benzene rings is 1. The van der Waals surface area contributed by atoms with E-state index in [0.29, 0.717) is 29.4 Å². The first-order valence-corrected chi connectivity index (χ1v) is 6.09. The molecule has 3 rings (SSSR count). The molecule has 0 aliphatic carbocycles. The van der Waals surface area contributed by atoms with Crippen LogP contribution in [0.2, 0.25) is 0 Å². The largest absolute Gasteiger partial charge is 0.453 e. The summed E-state index contributed by atoms with van der Waals surface area (Å²) in [4.78, 5) is 14.7. The molecule has 0 aliphatic rings. The van der Waals surface area contributed by atoms with Crippen LogP contribution in [0.1, 0.15) is 10.6 Å². The first-order chi connectivity index (χ1) is 9.85. The average molecular weight is 265 g/mol. The Morgan fingerprint density at radius 2 is 2.00 bits per heavy atom. The van der Waals surface area contributed by atoms with Crippen molar-refractivity contribution in [2.24, 2.45) is 0 Å².